The maximum atomic E-state index is 12.8. The summed E-state index contributed by atoms with van der Waals surface area (Å²) in [6, 6.07) is 6.18. The molecule has 0 aliphatic carbocycles. The monoisotopic (exact) mass is 338 g/mol. The lowest BCUT2D eigenvalue weighted by molar-refractivity contribution is -0.0786. The van der Waals surface area contributed by atoms with E-state index in [0.717, 1.165) is 0 Å². The van der Waals surface area contributed by atoms with Crippen LogP contribution >= 0.6 is 11.8 Å². The molecule has 3 N–H and O–H groups in total. The topological polar surface area (TPSA) is 95.7 Å². The Morgan fingerprint density at radius 1 is 1.04 bits per heavy atom. The van der Waals surface area contributed by atoms with Crippen LogP contribution in [0.4, 0.5) is 4.39 Å². The Kier molecular flexibility index (Phi) is 4.76. The molecule has 6 nitrogen and oxygen atoms in total. The smallest absolute Gasteiger partial charge is 0.212 e. The Morgan fingerprint density at radius 2 is 1.87 bits per heavy atom. The molecule has 1 aliphatic heterocycles. The Labute approximate surface area is 136 Å². The van der Waals surface area contributed by atoms with E-state index in [-0.39, 0.29) is 5.75 Å². The molecule has 8 heteroatoms. The van der Waals surface area contributed by atoms with Crippen molar-refractivity contribution in [3.05, 3.63) is 42.6 Å². The van der Waals surface area contributed by atoms with Gasteiger partial charge in [-0.25, -0.2) is 4.98 Å². The third-order valence-corrected chi connectivity index (χ3v) is 4.70. The van der Waals surface area contributed by atoms with E-state index in [2.05, 4.69) is 9.97 Å². The fraction of sp³-hybridized carbons (Fsp3) is 0.333. The van der Waals surface area contributed by atoms with Crippen molar-refractivity contribution >= 4 is 11.8 Å². The molecule has 3 heterocycles. The summed E-state index contributed by atoms with van der Waals surface area (Å²) in [5.41, 5.74) is 0.592. The van der Waals surface area contributed by atoms with Crippen molar-refractivity contribution in [2.24, 2.45) is 0 Å². The van der Waals surface area contributed by atoms with Gasteiger partial charge in [-0.2, -0.15) is 4.39 Å². The number of hydrogen-bond acceptors (Lipinski definition) is 7. The molecule has 0 radical (unpaired) electrons. The molecule has 4 atom stereocenters. The molecule has 2 aromatic rings. The second kappa shape index (κ2) is 6.79. The van der Waals surface area contributed by atoms with Crippen LogP contribution in [0, 0.1) is 5.95 Å². The van der Waals surface area contributed by atoms with Crippen LogP contribution < -0.4 is 4.74 Å². The molecule has 0 spiro atoms. The second-order valence-electron chi connectivity index (χ2n) is 5.12. The minimum atomic E-state index is -1.24. The highest BCUT2D eigenvalue weighted by Gasteiger charge is 2.38. The highest BCUT2D eigenvalue weighted by Crippen LogP contribution is 2.29. The maximum Gasteiger partial charge on any atom is 0.212 e. The predicted molar refractivity (Wildman–Crippen MR) is 82.3 cm³/mol. The van der Waals surface area contributed by atoms with E-state index in [9.17, 15) is 19.7 Å². The van der Waals surface area contributed by atoms with Crippen molar-refractivity contribution in [1.29, 1.82) is 0 Å². The molecule has 0 bridgehead atoms. The Hall–Kier alpha value is -1.74. The van der Waals surface area contributed by atoms with Crippen LogP contribution in [0.5, 0.6) is 5.75 Å². The summed E-state index contributed by atoms with van der Waals surface area (Å²) >= 11 is 1.22. The SMILES string of the molecule is O[C@@H]1[C@@H](O)[C@H](Oc2ccc(-c3ccc(F)nc3)nc2)SC[C@H]1O. The summed E-state index contributed by atoms with van der Waals surface area (Å²) in [6.45, 7) is 0. The summed E-state index contributed by atoms with van der Waals surface area (Å²) in [5.74, 6) is 0.136. The highest BCUT2D eigenvalue weighted by molar-refractivity contribution is 7.99. The van der Waals surface area contributed by atoms with Gasteiger partial charge in [0.15, 0.2) is 5.44 Å². The summed E-state index contributed by atoms with van der Waals surface area (Å²) in [5, 5.41) is 29.1. The van der Waals surface area contributed by atoms with Crippen LogP contribution in [0.2, 0.25) is 0 Å². The van der Waals surface area contributed by atoms with Crippen molar-refractivity contribution < 1.29 is 24.4 Å². The van der Waals surface area contributed by atoms with Gasteiger partial charge < -0.3 is 20.1 Å². The molecule has 0 aromatic carbocycles. The first-order valence-corrected chi connectivity index (χ1v) is 8.00. The number of pyridine rings is 2. The zero-order valence-electron chi connectivity index (χ0n) is 11.9. The summed E-state index contributed by atoms with van der Waals surface area (Å²) in [4.78, 5) is 7.78. The molecule has 3 rings (SSSR count). The molecule has 23 heavy (non-hydrogen) atoms. The van der Waals surface area contributed by atoms with Crippen molar-refractivity contribution in [2.45, 2.75) is 23.7 Å². The van der Waals surface area contributed by atoms with Crippen LogP contribution in [0.3, 0.4) is 0 Å². The quantitative estimate of drug-likeness (QED) is 0.713. The van der Waals surface area contributed by atoms with Gasteiger partial charge in [0.2, 0.25) is 5.95 Å². The van der Waals surface area contributed by atoms with Crippen molar-refractivity contribution in [3.8, 4) is 17.0 Å². The van der Waals surface area contributed by atoms with Gasteiger partial charge in [0.1, 0.15) is 18.0 Å². The Bertz CT molecular complexity index is 656. The average molecular weight is 338 g/mol. The second-order valence-corrected chi connectivity index (χ2v) is 6.25. The molecule has 1 fully saturated rings. The number of thioether (sulfide) groups is 1. The molecular weight excluding hydrogens is 323 g/mol. The van der Waals surface area contributed by atoms with Gasteiger partial charge in [0.25, 0.3) is 0 Å². The van der Waals surface area contributed by atoms with Gasteiger partial charge in [0.05, 0.1) is 18.0 Å². The number of aliphatic hydroxyl groups excluding tert-OH is 3. The lowest BCUT2D eigenvalue weighted by atomic mass is 10.1. The number of aromatic nitrogens is 2. The van der Waals surface area contributed by atoms with Crippen LogP contribution in [-0.2, 0) is 0 Å². The lowest BCUT2D eigenvalue weighted by Crippen LogP contribution is -2.50. The molecule has 0 unspecified atom stereocenters. The van der Waals surface area contributed by atoms with Gasteiger partial charge in [-0.15, -0.1) is 11.8 Å². The molecule has 2 aromatic heterocycles. The van der Waals surface area contributed by atoms with Crippen LogP contribution in [0.15, 0.2) is 36.7 Å². The first kappa shape index (κ1) is 16.1. The molecule has 122 valence electrons. The largest absolute Gasteiger partial charge is 0.475 e. The predicted octanol–water partition coefficient (Wildman–Crippen LogP) is 0.817. The zero-order chi connectivity index (χ0) is 16.4. The number of rotatable bonds is 3. The molecular formula is C15H15FN2O4S. The number of hydrogen-bond donors (Lipinski definition) is 3. The molecule has 1 saturated heterocycles. The Balaban J connectivity index is 1.69. The van der Waals surface area contributed by atoms with Crippen LogP contribution in [0.25, 0.3) is 11.3 Å². The summed E-state index contributed by atoms with van der Waals surface area (Å²) in [7, 11) is 0. The van der Waals surface area contributed by atoms with Crippen molar-refractivity contribution in [3.63, 3.8) is 0 Å². The summed E-state index contributed by atoms with van der Waals surface area (Å²) < 4.78 is 18.4. The van der Waals surface area contributed by atoms with Gasteiger partial charge >= 0.3 is 0 Å². The molecule has 1 aliphatic rings. The fourth-order valence-corrected chi connectivity index (χ4v) is 3.29. The maximum absolute atomic E-state index is 12.8. The van der Waals surface area contributed by atoms with E-state index < -0.39 is 29.7 Å². The van der Waals surface area contributed by atoms with Crippen LogP contribution in [-0.4, -0.2) is 54.8 Å². The van der Waals surface area contributed by atoms with E-state index in [1.807, 2.05) is 0 Å². The summed E-state index contributed by atoms with van der Waals surface area (Å²) in [6.07, 6.45) is -0.537. The Morgan fingerprint density at radius 3 is 2.52 bits per heavy atom. The van der Waals surface area contributed by atoms with Gasteiger partial charge in [-0.05, 0) is 24.3 Å². The van der Waals surface area contributed by atoms with Gasteiger partial charge in [0, 0.05) is 17.5 Å². The average Bonchev–Trinajstić information content (AvgIpc) is 2.57. The van der Waals surface area contributed by atoms with E-state index in [0.29, 0.717) is 17.0 Å². The molecule has 0 amide bonds. The number of aliphatic hydroxyl groups is 3. The minimum absolute atomic E-state index is 0.273. The van der Waals surface area contributed by atoms with Gasteiger partial charge in [-0.3, -0.25) is 4.98 Å². The highest BCUT2D eigenvalue weighted by atomic mass is 32.2. The van der Waals surface area contributed by atoms with E-state index >= 15 is 0 Å². The van der Waals surface area contributed by atoms with Crippen molar-refractivity contribution in [1.82, 2.24) is 9.97 Å². The van der Waals surface area contributed by atoms with E-state index in [1.165, 1.54) is 30.2 Å². The van der Waals surface area contributed by atoms with E-state index in [4.69, 9.17) is 4.74 Å². The van der Waals surface area contributed by atoms with Crippen molar-refractivity contribution in [2.75, 3.05) is 5.75 Å². The third kappa shape index (κ3) is 3.61. The molecule has 0 saturated carbocycles. The number of ether oxygens (including phenoxy) is 1. The van der Waals surface area contributed by atoms with Crippen LogP contribution in [0.1, 0.15) is 0 Å². The zero-order valence-corrected chi connectivity index (χ0v) is 12.7. The standard InChI is InChI=1S/C15H15FN2O4S/c16-12-4-1-8(5-18-12)10-3-2-9(6-17-10)22-15-14(21)13(20)11(19)7-23-15/h1-6,11,13-15,19-21H,7H2/t11-,13+,14-,15-/m1/s1. The van der Waals surface area contributed by atoms with E-state index in [1.54, 1.807) is 18.2 Å². The minimum Gasteiger partial charge on any atom is -0.475 e. The van der Waals surface area contributed by atoms with Gasteiger partial charge in [-0.1, -0.05) is 0 Å². The number of nitrogens with zero attached hydrogens (tertiary/aromatic N) is 2. The normalized spacial score (nSPS) is 27.7. The fourth-order valence-electron chi connectivity index (χ4n) is 2.17. The first-order chi connectivity index (χ1) is 11.0. The number of halogens is 1. The first-order valence-electron chi connectivity index (χ1n) is 6.95. The third-order valence-electron chi connectivity index (χ3n) is 3.47. The lowest BCUT2D eigenvalue weighted by Gasteiger charge is -2.34.